The first-order chi connectivity index (χ1) is 3.80. The van der Waals surface area contributed by atoms with Crippen LogP contribution in [0.2, 0.25) is 0 Å². The molecule has 4 nitrogen and oxygen atoms in total. The summed E-state index contributed by atoms with van der Waals surface area (Å²) in [5, 5.41) is 12.1. The molecule has 0 aromatic carbocycles. The molecule has 0 saturated heterocycles. The Kier molecular flexibility index (Phi) is 1.26. The molecule has 0 aliphatic carbocycles. The van der Waals surface area contributed by atoms with Gasteiger partial charge in [0.25, 0.3) is 0 Å². The molecular formula is C4H6N2O2. The fourth-order valence-electron chi connectivity index (χ4n) is 0.363. The quantitative estimate of drug-likeness (QED) is 0.563. The van der Waals surface area contributed by atoms with Crippen LogP contribution in [0.4, 0.5) is 0 Å². The molecule has 0 amide bonds. The van der Waals surface area contributed by atoms with E-state index in [9.17, 15) is 0 Å². The van der Waals surface area contributed by atoms with E-state index in [0.29, 0.717) is 5.82 Å². The van der Waals surface area contributed by atoms with Gasteiger partial charge in [-0.05, 0) is 6.92 Å². The van der Waals surface area contributed by atoms with E-state index in [2.05, 4.69) is 14.7 Å². The molecule has 0 unspecified atom stereocenters. The van der Waals surface area contributed by atoms with Crippen LogP contribution >= 0.6 is 0 Å². The molecular weight excluding hydrogens is 108 g/mol. The van der Waals surface area contributed by atoms with Gasteiger partial charge in [-0.2, -0.15) is 4.98 Å². The molecule has 0 aliphatic heterocycles. The Morgan fingerprint density at radius 1 is 1.88 bits per heavy atom. The molecule has 0 fully saturated rings. The van der Waals surface area contributed by atoms with Gasteiger partial charge in [0, 0.05) is 0 Å². The summed E-state index contributed by atoms with van der Waals surface area (Å²) in [4.78, 5) is 3.59. The van der Waals surface area contributed by atoms with Crippen molar-refractivity contribution in [3.8, 4) is 0 Å². The number of aliphatic hydroxyl groups is 1. The van der Waals surface area contributed by atoms with Crippen LogP contribution in [-0.2, 0) is 0 Å². The summed E-state index contributed by atoms with van der Waals surface area (Å²) in [6.45, 7) is 1.57. The Morgan fingerprint density at radius 3 is 2.88 bits per heavy atom. The van der Waals surface area contributed by atoms with E-state index < -0.39 is 6.10 Å². The van der Waals surface area contributed by atoms with E-state index in [1.165, 1.54) is 6.39 Å². The number of hydrogen-bond acceptors (Lipinski definition) is 4. The maximum absolute atomic E-state index is 8.73. The fraction of sp³-hybridized carbons (Fsp3) is 0.500. The van der Waals surface area contributed by atoms with Crippen LogP contribution in [-0.4, -0.2) is 15.2 Å². The van der Waals surface area contributed by atoms with Gasteiger partial charge in [-0.3, -0.25) is 0 Å². The average Bonchev–Trinajstić information content (AvgIpc) is 2.12. The highest BCUT2D eigenvalue weighted by Gasteiger charge is 2.02. The van der Waals surface area contributed by atoms with Gasteiger partial charge >= 0.3 is 0 Å². The van der Waals surface area contributed by atoms with Gasteiger partial charge in [0.2, 0.25) is 6.39 Å². The molecule has 1 N–H and O–H groups in total. The fourth-order valence-corrected chi connectivity index (χ4v) is 0.363. The predicted octanol–water partition coefficient (Wildman–Crippen LogP) is 0.123. The zero-order valence-corrected chi connectivity index (χ0v) is 4.40. The van der Waals surface area contributed by atoms with Crippen LogP contribution < -0.4 is 0 Å². The lowest BCUT2D eigenvalue weighted by molar-refractivity contribution is 0.184. The minimum absolute atomic E-state index is 0.324. The van der Waals surface area contributed by atoms with E-state index in [4.69, 9.17) is 5.11 Å². The highest BCUT2D eigenvalue weighted by Crippen LogP contribution is 2.01. The maximum atomic E-state index is 8.73. The SMILES string of the molecule is C[C@@H](O)c1ncon1. The van der Waals surface area contributed by atoms with Gasteiger partial charge in [-0.25, -0.2) is 0 Å². The molecule has 1 aromatic rings. The number of rotatable bonds is 1. The third-order valence-corrected chi connectivity index (χ3v) is 0.752. The van der Waals surface area contributed by atoms with Gasteiger partial charge in [0.05, 0.1) is 0 Å². The number of aromatic nitrogens is 2. The van der Waals surface area contributed by atoms with Crippen molar-refractivity contribution in [2.24, 2.45) is 0 Å². The topological polar surface area (TPSA) is 59.2 Å². The smallest absolute Gasteiger partial charge is 0.213 e. The molecule has 1 heterocycles. The van der Waals surface area contributed by atoms with Crippen LogP contribution in [0.5, 0.6) is 0 Å². The summed E-state index contributed by atoms with van der Waals surface area (Å²) < 4.78 is 4.35. The van der Waals surface area contributed by atoms with Gasteiger partial charge < -0.3 is 9.63 Å². The third-order valence-electron chi connectivity index (χ3n) is 0.752. The third kappa shape index (κ3) is 0.840. The van der Waals surface area contributed by atoms with Crippen molar-refractivity contribution < 1.29 is 9.63 Å². The first-order valence-corrected chi connectivity index (χ1v) is 2.25. The Bertz CT molecular complexity index is 147. The zero-order valence-electron chi connectivity index (χ0n) is 4.40. The summed E-state index contributed by atoms with van der Waals surface area (Å²) in [6, 6.07) is 0. The Morgan fingerprint density at radius 2 is 2.62 bits per heavy atom. The van der Waals surface area contributed by atoms with Gasteiger partial charge in [0.1, 0.15) is 6.10 Å². The Balaban J connectivity index is 2.77. The van der Waals surface area contributed by atoms with Crippen molar-refractivity contribution in [3.63, 3.8) is 0 Å². The van der Waals surface area contributed by atoms with Crippen molar-refractivity contribution in [1.29, 1.82) is 0 Å². The largest absolute Gasteiger partial charge is 0.385 e. The van der Waals surface area contributed by atoms with Crippen LogP contribution in [0.1, 0.15) is 18.9 Å². The van der Waals surface area contributed by atoms with Crippen molar-refractivity contribution in [3.05, 3.63) is 12.2 Å². The molecule has 0 aliphatic rings. The first kappa shape index (κ1) is 5.24. The molecule has 1 rings (SSSR count). The second-order valence-electron chi connectivity index (χ2n) is 1.47. The summed E-state index contributed by atoms with van der Waals surface area (Å²) in [5.41, 5.74) is 0. The molecule has 1 atom stereocenters. The average molecular weight is 114 g/mol. The van der Waals surface area contributed by atoms with E-state index in [1.54, 1.807) is 6.92 Å². The number of hydrogen-bond donors (Lipinski definition) is 1. The molecule has 0 saturated carbocycles. The standard InChI is InChI=1S/C4H6N2O2/c1-3(7)4-5-2-8-6-4/h2-3,7H,1H3/t3-/m1/s1. The van der Waals surface area contributed by atoms with Crippen molar-refractivity contribution in [2.45, 2.75) is 13.0 Å². The molecule has 0 radical (unpaired) electrons. The van der Waals surface area contributed by atoms with Crippen LogP contribution in [0.15, 0.2) is 10.9 Å². The minimum atomic E-state index is -0.631. The zero-order chi connectivity index (χ0) is 5.98. The highest BCUT2D eigenvalue weighted by atomic mass is 16.5. The minimum Gasteiger partial charge on any atom is -0.385 e. The van der Waals surface area contributed by atoms with E-state index >= 15 is 0 Å². The normalized spacial score (nSPS) is 13.8. The number of aliphatic hydroxyl groups excluding tert-OH is 1. The molecule has 0 spiro atoms. The van der Waals surface area contributed by atoms with Gasteiger partial charge in [-0.1, -0.05) is 5.16 Å². The van der Waals surface area contributed by atoms with Gasteiger partial charge in [0.15, 0.2) is 5.82 Å². The lowest BCUT2D eigenvalue weighted by atomic mass is 10.4. The lowest BCUT2D eigenvalue weighted by Crippen LogP contribution is -1.91. The Labute approximate surface area is 46.1 Å². The van der Waals surface area contributed by atoms with Crippen molar-refractivity contribution in [1.82, 2.24) is 10.1 Å². The van der Waals surface area contributed by atoms with Crippen molar-refractivity contribution in [2.75, 3.05) is 0 Å². The molecule has 1 aromatic heterocycles. The number of nitrogens with zero attached hydrogens (tertiary/aromatic N) is 2. The predicted molar refractivity (Wildman–Crippen MR) is 24.9 cm³/mol. The molecule has 44 valence electrons. The molecule has 4 heteroatoms. The van der Waals surface area contributed by atoms with E-state index in [1.807, 2.05) is 0 Å². The van der Waals surface area contributed by atoms with Crippen LogP contribution in [0.3, 0.4) is 0 Å². The van der Waals surface area contributed by atoms with Gasteiger partial charge in [-0.15, -0.1) is 0 Å². The summed E-state index contributed by atoms with van der Waals surface area (Å²) in [7, 11) is 0. The van der Waals surface area contributed by atoms with E-state index in [-0.39, 0.29) is 0 Å². The van der Waals surface area contributed by atoms with Crippen LogP contribution in [0, 0.1) is 0 Å². The Hall–Kier alpha value is -0.900. The second kappa shape index (κ2) is 1.92. The summed E-state index contributed by atoms with van der Waals surface area (Å²) >= 11 is 0. The summed E-state index contributed by atoms with van der Waals surface area (Å²) in [6.07, 6.45) is 0.552. The first-order valence-electron chi connectivity index (χ1n) is 2.25. The molecule has 8 heavy (non-hydrogen) atoms. The molecule has 0 bridgehead atoms. The van der Waals surface area contributed by atoms with Crippen LogP contribution in [0.25, 0.3) is 0 Å². The maximum Gasteiger partial charge on any atom is 0.213 e. The lowest BCUT2D eigenvalue weighted by Gasteiger charge is -1.90. The monoisotopic (exact) mass is 114 g/mol. The second-order valence-corrected chi connectivity index (χ2v) is 1.47. The van der Waals surface area contributed by atoms with Crippen molar-refractivity contribution >= 4 is 0 Å². The summed E-state index contributed by atoms with van der Waals surface area (Å²) in [5.74, 6) is 0.324. The van der Waals surface area contributed by atoms with E-state index in [0.717, 1.165) is 0 Å². The highest BCUT2D eigenvalue weighted by molar-refractivity contribution is 4.80.